The van der Waals surface area contributed by atoms with E-state index in [1.807, 2.05) is 0 Å². The van der Waals surface area contributed by atoms with Crippen molar-refractivity contribution in [3.8, 4) is 47.7 Å². The Kier molecular flexibility index (Phi) is 8.36. The molecule has 0 heterocycles. The number of benzene rings is 2. The van der Waals surface area contributed by atoms with Crippen LogP contribution >= 0.6 is 0 Å². The molecular formula is C20H16O6. The van der Waals surface area contributed by atoms with E-state index in [1.165, 1.54) is 24.3 Å². The number of aromatic hydroxyl groups is 2. The topological polar surface area (TPSA) is 93.1 Å². The molecule has 0 saturated carbocycles. The molecule has 0 spiro atoms. The SMILES string of the molecule is C#CCOc1ccc(C=O)c(O)c1.C#CCOc1ccc(C=O)c(O)c1. The smallest absolute Gasteiger partial charge is 0.153 e. The lowest BCUT2D eigenvalue weighted by molar-refractivity contribution is 0.111. The number of terminal acetylenes is 2. The van der Waals surface area contributed by atoms with Gasteiger partial charge in [-0.1, -0.05) is 11.8 Å². The normalized spacial score (nSPS) is 8.85. The van der Waals surface area contributed by atoms with E-state index in [4.69, 9.17) is 22.3 Å². The van der Waals surface area contributed by atoms with E-state index in [2.05, 4.69) is 11.8 Å². The first-order chi connectivity index (χ1) is 12.5. The third-order valence-corrected chi connectivity index (χ3v) is 2.90. The molecule has 132 valence electrons. The molecule has 0 bridgehead atoms. The van der Waals surface area contributed by atoms with Crippen LogP contribution in [-0.4, -0.2) is 36.0 Å². The van der Waals surface area contributed by atoms with Crippen LogP contribution in [0.1, 0.15) is 20.7 Å². The van der Waals surface area contributed by atoms with E-state index >= 15 is 0 Å². The second-order valence-electron chi connectivity index (χ2n) is 4.66. The summed E-state index contributed by atoms with van der Waals surface area (Å²) in [5.74, 6) is 5.26. The molecule has 2 N–H and O–H groups in total. The van der Waals surface area contributed by atoms with Gasteiger partial charge in [-0.25, -0.2) is 0 Å². The minimum atomic E-state index is -0.107. The number of aldehydes is 2. The maximum absolute atomic E-state index is 10.3. The van der Waals surface area contributed by atoms with Gasteiger partial charge in [0.2, 0.25) is 0 Å². The summed E-state index contributed by atoms with van der Waals surface area (Å²) < 4.78 is 10.0. The standard InChI is InChI=1S/2C10H8O3/c2*1-2-5-13-9-4-3-8(7-11)10(12)6-9/h2*1,3-4,6-7,12H,5H2. The van der Waals surface area contributed by atoms with E-state index < -0.39 is 0 Å². The minimum Gasteiger partial charge on any atom is -0.507 e. The van der Waals surface area contributed by atoms with Gasteiger partial charge in [0.25, 0.3) is 0 Å². The zero-order valence-electron chi connectivity index (χ0n) is 13.7. The number of phenols is 2. The number of phenolic OH excluding ortho intramolecular Hbond substituents is 2. The monoisotopic (exact) mass is 352 g/mol. The van der Waals surface area contributed by atoms with Gasteiger partial charge in [-0.15, -0.1) is 12.8 Å². The summed E-state index contributed by atoms with van der Waals surface area (Å²) in [5, 5.41) is 18.5. The summed E-state index contributed by atoms with van der Waals surface area (Å²) in [5.41, 5.74) is 0.459. The van der Waals surface area contributed by atoms with Crippen LogP contribution in [-0.2, 0) is 0 Å². The van der Waals surface area contributed by atoms with Crippen molar-refractivity contribution < 1.29 is 29.3 Å². The molecule has 0 unspecified atom stereocenters. The van der Waals surface area contributed by atoms with Crippen molar-refractivity contribution >= 4 is 12.6 Å². The molecule has 0 radical (unpaired) electrons. The largest absolute Gasteiger partial charge is 0.507 e. The second-order valence-corrected chi connectivity index (χ2v) is 4.66. The molecule has 2 aromatic rings. The lowest BCUT2D eigenvalue weighted by Gasteiger charge is -2.03. The van der Waals surface area contributed by atoms with Crippen LogP contribution in [0.5, 0.6) is 23.0 Å². The Hall–Kier alpha value is -3.90. The Balaban J connectivity index is 0.000000260. The van der Waals surface area contributed by atoms with Gasteiger partial charge in [0.05, 0.1) is 11.1 Å². The van der Waals surface area contributed by atoms with Crippen LogP contribution in [0.25, 0.3) is 0 Å². The predicted molar refractivity (Wildman–Crippen MR) is 95.6 cm³/mol. The van der Waals surface area contributed by atoms with Crippen LogP contribution in [0, 0.1) is 24.7 Å². The van der Waals surface area contributed by atoms with Crippen LogP contribution in [0.15, 0.2) is 36.4 Å². The van der Waals surface area contributed by atoms with Crippen LogP contribution in [0.3, 0.4) is 0 Å². The van der Waals surface area contributed by atoms with Crippen molar-refractivity contribution in [3.05, 3.63) is 47.5 Å². The highest BCUT2D eigenvalue weighted by atomic mass is 16.5. The average molecular weight is 352 g/mol. The minimum absolute atomic E-state index is 0.107. The number of carbonyl (C=O) groups excluding carboxylic acids is 2. The lowest BCUT2D eigenvalue weighted by atomic mass is 10.2. The van der Waals surface area contributed by atoms with Crippen molar-refractivity contribution in [1.82, 2.24) is 0 Å². The van der Waals surface area contributed by atoms with Gasteiger partial charge in [-0.05, 0) is 24.3 Å². The molecule has 2 rings (SSSR count). The van der Waals surface area contributed by atoms with Crippen LogP contribution in [0.2, 0.25) is 0 Å². The molecule has 0 saturated heterocycles. The maximum atomic E-state index is 10.3. The molecule has 0 aliphatic carbocycles. The molecular weight excluding hydrogens is 336 g/mol. The number of ether oxygens (including phenoxy) is 2. The highest BCUT2D eigenvalue weighted by Crippen LogP contribution is 2.22. The Morgan fingerprint density at radius 3 is 1.46 bits per heavy atom. The summed E-state index contributed by atoms with van der Waals surface area (Å²) in [7, 11) is 0. The molecule has 6 heteroatoms. The predicted octanol–water partition coefficient (Wildman–Crippen LogP) is 2.43. The molecule has 0 aromatic heterocycles. The number of hydrogen-bond acceptors (Lipinski definition) is 6. The number of hydrogen-bond donors (Lipinski definition) is 2. The Labute approximate surface area is 151 Å². The fourth-order valence-electron chi connectivity index (χ4n) is 1.68. The van der Waals surface area contributed by atoms with Crippen molar-refractivity contribution in [2.75, 3.05) is 13.2 Å². The van der Waals surface area contributed by atoms with E-state index in [1.54, 1.807) is 12.1 Å². The van der Waals surface area contributed by atoms with Crippen molar-refractivity contribution in [2.24, 2.45) is 0 Å². The van der Waals surface area contributed by atoms with E-state index in [0.29, 0.717) is 24.1 Å². The summed E-state index contributed by atoms with van der Waals surface area (Å²) in [6, 6.07) is 8.77. The van der Waals surface area contributed by atoms with Crippen LogP contribution < -0.4 is 9.47 Å². The lowest BCUT2D eigenvalue weighted by Crippen LogP contribution is -1.93. The summed E-state index contributed by atoms with van der Waals surface area (Å²) in [4.78, 5) is 20.6. The molecule has 0 fully saturated rings. The van der Waals surface area contributed by atoms with Gasteiger partial charge in [-0.3, -0.25) is 9.59 Å². The van der Waals surface area contributed by atoms with Crippen molar-refractivity contribution in [3.63, 3.8) is 0 Å². The number of rotatable bonds is 6. The molecule has 0 atom stereocenters. The Bertz CT molecular complexity index is 771. The molecule has 26 heavy (non-hydrogen) atoms. The van der Waals surface area contributed by atoms with Gasteiger partial charge < -0.3 is 19.7 Å². The quantitative estimate of drug-likeness (QED) is 0.613. The van der Waals surface area contributed by atoms with Gasteiger partial charge >= 0.3 is 0 Å². The molecule has 0 aliphatic heterocycles. The van der Waals surface area contributed by atoms with Crippen LogP contribution in [0.4, 0.5) is 0 Å². The Morgan fingerprint density at radius 2 is 1.19 bits per heavy atom. The maximum Gasteiger partial charge on any atom is 0.153 e. The first-order valence-corrected chi connectivity index (χ1v) is 7.24. The fourth-order valence-corrected chi connectivity index (χ4v) is 1.68. The molecule has 0 amide bonds. The molecule has 6 nitrogen and oxygen atoms in total. The van der Waals surface area contributed by atoms with Gasteiger partial charge in [0.15, 0.2) is 12.6 Å². The van der Waals surface area contributed by atoms with E-state index in [-0.39, 0.29) is 35.8 Å². The van der Waals surface area contributed by atoms with Crippen molar-refractivity contribution in [2.45, 2.75) is 0 Å². The third-order valence-electron chi connectivity index (χ3n) is 2.90. The van der Waals surface area contributed by atoms with Gasteiger partial charge in [0.1, 0.15) is 36.2 Å². The fraction of sp³-hybridized carbons (Fsp3) is 0.100. The average Bonchev–Trinajstić information content (AvgIpc) is 2.65. The Morgan fingerprint density at radius 1 is 0.808 bits per heavy atom. The van der Waals surface area contributed by atoms with Crippen molar-refractivity contribution in [1.29, 1.82) is 0 Å². The summed E-state index contributed by atoms with van der Waals surface area (Å²) in [6.45, 7) is 0.278. The molecule has 2 aromatic carbocycles. The molecule has 0 aliphatic rings. The highest BCUT2D eigenvalue weighted by molar-refractivity contribution is 5.79. The summed E-state index contributed by atoms with van der Waals surface area (Å²) in [6.07, 6.45) is 11.1. The zero-order chi connectivity index (χ0) is 19.4. The second kappa shape index (κ2) is 10.8. The number of carbonyl (C=O) groups is 2. The third kappa shape index (κ3) is 6.31. The zero-order valence-corrected chi connectivity index (χ0v) is 13.7. The van der Waals surface area contributed by atoms with E-state index in [9.17, 15) is 19.8 Å². The summed E-state index contributed by atoms with van der Waals surface area (Å²) >= 11 is 0. The van der Waals surface area contributed by atoms with Gasteiger partial charge in [0, 0.05) is 12.1 Å². The van der Waals surface area contributed by atoms with Gasteiger partial charge in [-0.2, -0.15) is 0 Å². The van der Waals surface area contributed by atoms with E-state index in [0.717, 1.165) is 0 Å². The first kappa shape index (κ1) is 20.1. The highest BCUT2D eigenvalue weighted by Gasteiger charge is 2.02. The first-order valence-electron chi connectivity index (χ1n) is 7.24.